The summed E-state index contributed by atoms with van der Waals surface area (Å²) in [7, 11) is 0. The van der Waals surface area contributed by atoms with Crippen molar-refractivity contribution in [2.24, 2.45) is 0 Å². The molecule has 160 valence electrons. The molecule has 0 unspecified atom stereocenters. The summed E-state index contributed by atoms with van der Waals surface area (Å²) in [6.07, 6.45) is 1.71. The lowest BCUT2D eigenvalue weighted by molar-refractivity contribution is 0.0946. The number of rotatable bonds is 4. The third-order valence-corrected chi connectivity index (χ3v) is 5.65. The maximum atomic E-state index is 13.0. The van der Waals surface area contributed by atoms with Crippen molar-refractivity contribution in [3.8, 4) is 5.75 Å². The van der Waals surface area contributed by atoms with E-state index in [9.17, 15) is 4.79 Å². The largest absolute Gasteiger partial charge is 0.489 e. The Balaban J connectivity index is 1.54. The van der Waals surface area contributed by atoms with E-state index >= 15 is 0 Å². The maximum absolute atomic E-state index is 13.0. The van der Waals surface area contributed by atoms with Gasteiger partial charge in [-0.3, -0.25) is 4.79 Å². The minimum absolute atomic E-state index is 0.102. The van der Waals surface area contributed by atoms with E-state index in [0.29, 0.717) is 41.8 Å². The van der Waals surface area contributed by atoms with Crippen LogP contribution in [0.4, 0.5) is 11.5 Å². The van der Waals surface area contributed by atoms with Crippen LogP contribution in [0.15, 0.2) is 60.8 Å². The lowest BCUT2D eigenvalue weighted by Gasteiger charge is -2.31. The van der Waals surface area contributed by atoms with E-state index in [-0.39, 0.29) is 11.3 Å². The standard InChI is InChI=1S/C25H26ClN3O2/c1-25(2,3)18-11-9-17(10-12-18)16-28-24(30)19-6-4-8-21-22(19)31-15-14-29(21)23-20(26)7-5-13-27-23/h4-13H,14-16H2,1-3H3,(H,28,30). The van der Waals surface area contributed by atoms with Crippen LogP contribution in [0.1, 0.15) is 42.3 Å². The zero-order valence-corrected chi connectivity index (χ0v) is 18.7. The monoisotopic (exact) mass is 435 g/mol. The molecule has 0 bridgehead atoms. The molecule has 1 aromatic heterocycles. The summed E-state index contributed by atoms with van der Waals surface area (Å²) in [5, 5.41) is 3.57. The number of nitrogens with zero attached hydrogens (tertiary/aromatic N) is 2. The number of hydrogen-bond acceptors (Lipinski definition) is 4. The summed E-state index contributed by atoms with van der Waals surface area (Å²) in [6.45, 7) is 8.05. The first-order valence-corrected chi connectivity index (χ1v) is 10.7. The zero-order chi connectivity index (χ0) is 22.0. The molecular weight excluding hydrogens is 410 g/mol. The van der Waals surface area contributed by atoms with E-state index in [2.05, 4.69) is 55.3 Å². The molecule has 0 atom stereocenters. The van der Waals surface area contributed by atoms with E-state index in [0.717, 1.165) is 11.3 Å². The van der Waals surface area contributed by atoms with Crippen molar-refractivity contribution in [1.29, 1.82) is 0 Å². The van der Waals surface area contributed by atoms with Crippen LogP contribution >= 0.6 is 11.6 Å². The van der Waals surface area contributed by atoms with Crippen molar-refractivity contribution < 1.29 is 9.53 Å². The lowest BCUT2D eigenvalue weighted by Crippen LogP contribution is -2.31. The van der Waals surface area contributed by atoms with Gasteiger partial charge in [0.2, 0.25) is 0 Å². The maximum Gasteiger partial charge on any atom is 0.255 e. The predicted octanol–water partition coefficient (Wildman–Crippen LogP) is 5.49. The average Bonchev–Trinajstić information content (AvgIpc) is 2.77. The molecule has 6 heteroatoms. The van der Waals surface area contributed by atoms with Crippen LogP contribution in [0, 0.1) is 0 Å². The quantitative estimate of drug-likeness (QED) is 0.588. The number of carbonyl (C=O) groups is 1. The number of pyridine rings is 1. The fourth-order valence-corrected chi connectivity index (χ4v) is 3.85. The summed E-state index contributed by atoms with van der Waals surface area (Å²) in [5.74, 6) is 1.03. The first-order chi connectivity index (χ1) is 14.8. The number of carbonyl (C=O) groups excluding carboxylic acids is 1. The SMILES string of the molecule is CC(C)(C)c1ccc(CNC(=O)c2cccc3c2OCCN3c2ncccc2Cl)cc1. The minimum Gasteiger partial charge on any atom is -0.489 e. The van der Waals surface area contributed by atoms with Crippen molar-refractivity contribution in [2.75, 3.05) is 18.1 Å². The van der Waals surface area contributed by atoms with Crippen molar-refractivity contribution >= 4 is 29.0 Å². The molecule has 0 saturated heterocycles. The van der Waals surface area contributed by atoms with Crippen LogP contribution < -0.4 is 15.0 Å². The van der Waals surface area contributed by atoms with Gasteiger partial charge in [-0.05, 0) is 40.8 Å². The molecule has 1 N–H and O–H groups in total. The first kappa shape index (κ1) is 21.2. The van der Waals surface area contributed by atoms with E-state index in [1.54, 1.807) is 24.4 Å². The van der Waals surface area contributed by atoms with Gasteiger partial charge >= 0.3 is 0 Å². The second-order valence-corrected chi connectivity index (χ2v) is 9.00. The third kappa shape index (κ3) is 4.52. The van der Waals surface area contributed by atoms with E-state index in [4.69, 9.17) is 16.3 Å². The van der Waals surface area contributed by atoms with Gasteiger partial charge in [0.05, 0.1) is 22.8 Å². The average molecular weight is 436 g/mol. The Morgan fingerprint density at radius 2 is 1.90 bits per heavy atom. The lowest BCUT2D eigenvalue weighted by atomic mass is 9.87. The number of amides is 1. The number of ether oxygens (including phenoxy) is 1. The van der Waals surface area contributed by atoms with Gasteiger partial charge in [-0.2, -0.15) is 0 Å². The molecule has 31 heavy (non-hydrogen) atoms. The topological polar surface area (TPSA) is 54.5 Å². The number of anilines is 2. The Hall–Kier alpha value is -3.05. The van der Waals surface area contributed by atoms with Crippen LogP contribution in [-0.4, -0.2) is 24.0 Å². The molecule has 0 spiro atoms. The second-order valence-electron chi connectivity index (χ2n) is 8.59. The summed E-state index contributed by atoms with van der Waals surface area (Å²) in [5.41, 5.74) is 3.70. The molecule has 1 aliphatic rings. The zero-order valence-electron chi connectivity index (χ0n) is 18.0. The Morgan fingerprint density at radius 3 is 2.61 bits per heavy atom. The highest BCUT2D eigenvalue weighted by Gasteiger charge is 2.26. The first-order valence-electron chi connectivity index (χ1n) is 10.4. The van der Waals surface area contributed by atoms with Crippen molar-refractivity contribution in [1.82, 2.24) is 10.3 Å². The molecule has 2 heterocycles. The highest BCUT2D eigenvalue weighted by molar-refractivity contribution is 6.33. The number of fused-ring (bicyclic) bond motifs is 1. The number of nitrogens with one attached hydrogen (secondary N) is 1. The molecule has 2 aromatic carbocycles. The number of halogens is 1. The fraction of sp³-hybridized carbons (Fsp3) is 0.280. The summed E-state index contributed by atoms with van der Waals surface area (Å²) < 4.78 is 5.90. The van der Waals surface area contributed by atoms with E-state index in [1.165, 1.54) is 5.56 Å². The smallest absolute Gasteiger partial charge is 0.255 e. The van der Waals surface area contributed by atoms with Crippen molar-refractivity contribution in [3.63, 3.8) is 0 Å². The van der Waals surface area contributed by atoms with Gasteiger partial charge in [0.15, 0.2) is 11.6 Å². The molecule has 5 nitrogen and oxygen atoms in total. The van der Waals surface area contributed by atoms with Crippen LogP contribution in [-0.2, 0) is 12.0 Å². The molecule has 0 aliphatic carbocycles. The normalized spacial score (nSPS) is 13.4. The van der Waals surface area contributed by atoms with Gasteiger partial charge in [-0.15, -0.1) is 0 Å². The molecule has 0 radical (unpaired) electrons. The second kappa shape index (κ2) is 8.60. The Labute approximate surface area is 188 Å². The molecule has 4 rings (SSSR count). The highest BCUT2D eigenvalue weighted by Crippen LogP contribution is 2.40. The Kier molecular flexibility index (Phi) is 5.88. The summed E-state index contributed by atoms with van der Waals surface area (Å²) in [4.78, 5) is 19.4. The van der Waals surface area contributed by atoms with Gasteiger partial charge < -0.3 is 15.0 Å². The van der Waals surface area contributed by atoms with Crippen molar-refractivity contribution in [2.45, 2.75) is 32.7 Å². The Morgan fingerprint density at radius 1 is 1.13 bits per heavy atom. The van der Waals surface area contributed by atoms with Crippen molar-refractivity contribution in [3.05, 3.63) is 82.5 Å². The Bertz CT molecular complexity index is 1090. The van der Waals surface area contributed by atoms with Crippen LogP contribution in [0.3, 0.4) is 0 Å². The van der Waals surface area contributed by atoms with Gasteiger partial charge in [-0.25, -0.2) is 4.98 Å². The molecular formula is C25H26ClN3O2. The predicted molar refractivity (Wildman–Crippen MR) is 125 cm³/mol. The van der Waals surface area contributed by atoms with Crippen LogP contribution in [0.2, 0.25) is 5.02 Å². The van der Waals surface area contributed by atoms with E-state index < -0.39 is 0 Å². The summed E-state index contributed by atoms with van der Waals surface area (Å²) in [6, 6.07) is 17.5. The number of benzene rings is 2. The fourth-order valence-electron chi connectivity index (χ4n) is 3.62. The van der Waals surface area contributed by atoms with Crippen LogP contribution in [0.5, 0.6) is 5.75 Å². The minimum atomic E-state index is -0.175. The van der Waals surface area contributed by atoms with Gasteiger partial charge in [0.1, 0.15) is 6.61 Å². The van der Waals surface area contributed by atoms with Crippen LogP contribution in [0.25, 0.3) is 0 Å². The highest BCUT2D eigenvalue weighted by atomic mass is 35.5. The van der Waals surface area contributed by atoms with E-state index in [1.807, 2.05) is 17.0 Å². The number of para-hydroxylation sites is 1. The number of aromatic nitrogens is 1. The molecule has 0 saturated carbocycles. The van der Waals surface area contributed by atoms with Gasteiger partial charge in [0.25, 0.3) is 5.91 Å². The summed E-state index contributed by atoms with van der Waals surface area (Å²) >= 11 is 6.36. The number of hydrogen-bond donors (Lipinski definition) is 1. The third-order valence-electron chi connectivity index (χ3n) is 5.36. The molecule has 1 amide bonds. The van der Waals surface area contributed by atoms with Gasteiger partial charge in [-0.1, -0.05) is 62.7 Å². The molecule has 3 aromatic rings. The molecule has 0 fully saturated rings. The van der Waals surface area contributed by atoms with Gasteiger partial charge in [0, 0.05) is 12.7 Å². The molecule has 1 aliphatic heterocycles.